The first-order chi connectivity index (χ1) is 8.67. The van der Waals surface area contributed by atoms with E-state index in [9.17, 15) is 9.50 Å². The van der Waals surface area contributed by atoms with Crippen LogP contribution in [0.15, 0.2) is 18.2 Å². The zero-order valence-corrected chi connectivity index (χ0v) is 11.5. The molecule has 0 atom stereocenters. The summed E-state index contributed by atoms with van der Waals surface area (Å²) in [6.07, 6.45) is 4.69. The van der Waals surface area contributed by atoms with E-state index in [0.29, 0.717) is 0 Å². The van der Waals surface area contributed by atoms with Gasteiger partial charge in [0.1, 0.15) is 0 Å². The van der Waals surface area contributed by atoms with Crippen molar-refractivity contribution in [3.05, 3.63) is 29.6 Å². The lowest BCUT2D eigenvalue weighted by Crippen LogP contribution is -2.25. The highest BCUT2D eigenvalue weighted by Crippen LogP contribution is 2.17. The molecule has 102 valence electrons. The van der Waals surface area contributed by atoms with Gasteiger partial charge >= 0.3 is 0 Å². The van der Waals surface area contributed by atoms with E-state index in [1.807, 2.05) is 0 Å². The Morgan fingerprint density at radius 1 is 1.11 bits per heavy atom. The van der Waals surface area contributed by atoms with Crippen molar-refractivity contribution >= 4 is 0 Å². The number of halogens is 1. The van der Waals surface area contributed by atoms with Crippen LogP contribution in [-0.4, -0.2) is 23.1 Å². The predicted octanol–water partition coefficient (Wildman–Crippen LogP) is 3.93. The maximum Gasteiger partial charge on any atom is 0.165 e. The fourth-order valence-electron chi connectivity index (χ4n) is 1.94. The van der Waals surface area contributed by atoms with E-state index in [-0.39, 0.29) is 5.75 Å². The molecule has 1 rings (SSSR count). The van der Waals surface area contributed by atoms with Crippen molar-refractivity contribution in [2.45, 2.75) is 46.1 Å². The second-order valence-corrected chi connectivity index (χ2v) is 4.77. The van der Waals surface area contributed by atoms with E-state index < -0.39 is 5.82 Å². The molecule has 18 heavy (non-hydrogen) atoms. The third-order valence-corrected chi connectivity index (χ3v) is 3.07. The van der Waals surface area contributed by atoms with E-state index in [4.69, 9.17) is 0 Å². The molecule has 0 radical (unpaired) electrons. The second-order valence-electron chi connectivity index (χ2n) is 4.77. The highest BCUT2D eigenvalue weighted by molar-refractivity contribution is 5.27. The van der Waals surface area contributed by atoms with Gasteiger partial charge in [-0.2, -0.15) is 0 Å². The van der Waals surface area contributed by atoms with Gasteiger partial charge in [0.2, 0.25) is 0 Å². The van der Waals surface area contributed by atoms with Crippen LogP contribution in [0.3, 0.4) is 0 Å². The maximum absolute atomic E-state index is 13.3. The summed E-state index contributed by atoms with van der Waals surface area (Å²) in [5, 5.41) is 9.17. The fourth-order valence-corrected chi connectivity index (χ4v) is 1.94. The summed E-state index contributed by atoms with van der Waals surface area (Å²) in [4.78, 5) is 2.36. The van der Waals surface area contributed by atoms with Gasteiger partial charge in [-0.15, -0.1) is 0 Å². The minimum Gasteiger partial charge on any atom is -0.505 e. The molecule has 0 heterocycles. The quantitative estimate of drug-likeness (QED) is 0.758. The van der Waals surface area contributed by atoms with E-state index in [1.165, 1.54) is 37.8 Å². The topological polar surface area (TPSA) is 23.5 Å². The summed E-state index contributed by atoms with van der Waals surface area (Å²) in [6.45, 7) is 7.23. The fraction of sp³-hybridized carbons (Fsp3) is 0.600. The number of hydrogen-bond donors (Lipinski definition) is 1. The van der Waals surface area contributed by atoms with Crippen molar-refractivity contribution in [3.63, 3.8) is 0 Å². The van der Waals surface area contributed by atoms with Crippen LogP contribution in [0.2, 0.25) is 0 Å². The molecule has 3 heteroatoms. The number of nitrogens with zero attached hydrogens (tertiary/aromatic N) is 1. The molecule has 0 aliphatic heterocycles. The molecule has 1 aromatic rings. The van der Waals surface area contributed by atoms with Gasteiger partial charge in [-0.25, -0.2) is 4.39 Å². The standard InChI is InChI=1S/C15H24FNO/c1-3-5-9-17(10-6-4-2)12-13-7-8-15(18)14(16)11-13/h7-8,11,18H,3-6,9-10,12H2,1-2H3. The van der Waals surface area contributed by atoms with Crippen molar-refractivity contribution in [1.29, 1.82) is 0 Å². The van der Waals surface area contributed by atoms with E-state index in [0.717, 1.165) is 25.2 Å². The third kappa shape index (κ3) is 5.05. The molecule has 0 saturated heterocycles. The number of unbranched alkanes of at least 4 members (excludes halogenated alkanes) is 2. The first-order valence-corrected chi connectivity index (χ1v) is 6.87. The number of phenols is 1. The molecule has 0 bridgehead atoms. The predicted molar refractivity (Wildman–Crippen MR) is 73.2 cm³/mol. The van der Waals surface area contributed by atoms with Gasteiger partial charge in [0, 0.05) is 6.54 Å². The first-order valence-electron chi connectivity index (χ1n) is 6.87. The number of phenolic OH excluding ortho intramolecular Hbond substituents is 1. The van der Waals surface area contributed by atoms with Gasteiger partial charge in [-0.05, 0) is 43.6 Å². The van der Waals surface area contributed by atoms with Crippen LogP contribution in [0, 0.1) is 5.82 Å². The molecule has 0 saturated carbocycles. The van der Waals surface area contributed by atoms with Crippen molar-refractivity contribution in [3.8, 4) is 5.75 Å². The number of rotatable bonds is 8. The largest absolute Gasteiger partial charge is 0.505 e. The maximum atomic E-state index is 13.3. The Morgan fingerprint density at radius 2 is 1.72 bits per heavy atom. The Bertz CT molecular complexity index is 346. The van der Waals surface area contributed by atoms with Gasteiger partial charge in [0.15, 0.2) is 11.6 Å². The zero-order chi connectivity index (χ0) is 13.4. The monoisotopic (exact) mass is 253 g/mol. The number of aromatic hydroxyl groups is 1. The normalized spacial score (nSPS) is 11.1. The second kappa shape index (κ2) is 8.09. The summed E-state index contributed by atoms with van der Waals surface area (Å²) in [7, 11) is 0. The molecule has 1 aromatic carbocycles. The Labute approximate surface area is 109 Å². The van der Waals surface area contributed by atoms with Crippen LogP contribution in [0.1, 0.15) is 45.1 Å². The van der Waals surface area contributed by atoms with Crippen LogP contribution in [-0.2, 0) is 6.54 Å². The summed E-state index contributed by atoms with van der Waals surface area (Å²) in [5.41, 5.74) is 0.928. The van der Waals surface area contributed by atoms with Crippen LogP contribution in [0.4, 0.5) is 4.39 Å². The Morgan fingerprint density at radius 3 is 2.22 bits per heavy atom. The summed E-state index contributed by atoms with van der Waals surface area (Å²) in [6, 6.07) is 4.66. The molecule has 1 N–H and O–H groups in total. The van der Waals surface area contributed by atoms with Gasteiger partial charge in [-0.3, -0.25) is 4.90 Å². The summed E-state index contributed by atoms with van der Waals surface area (Å²) >= 11 is 0. The van der Waals surface area contributed by atoms with Crippen molar-refractivity contribution in [2.24, 2.45) is 0 Å². The van der Waals surface area contributed by atoms with Crippen molar-refractivity contribution in [1.82, 2.24) is 4.90 Å². The lowest BCUT2D eigenvalue weighted by atomic mass is 10.1. The minimum atomic E-state index is -0.529. The molecule has 2 nitrogen and oxygen atoms in total. The van der Waals surface area contributed by atoms with Crippen LogP contribution < -0.4 is 0 Å². The highest BCUT2D eigenvalue weighted by atomic mass is 19.1. The smallest absolute Gasteiger partial charge is 0.165 e. The summed E-state index contributed by atoms with van der Waals surface area (Å²) in [5.74, 6) is -0.800. The van der Waals surface area contributed by atoms with Gasteiger partial charge in [-0.1, -0.05) is 32.8 Å². The molecular formula is C15H24FNO. The van der Waals surface area contributed by atoms with E-state index in [1.54, 1.807) is 6.07 Å². The third-order valence-electron chi connectivity index (χ3n) is 3.07. The molecular weight excluding hydrogens is 229 g/mol. The first kappa shape index (κ1) is 15.0. The summed E-state index contributed by atoms with van der Waals surface area (Å²) < 4.78 is 13.3. The van der Waals surface area contributed by atoms with Crippen molar-refractivity contribution in [2.75, 3.05) is 13.1 Å². The molecule has 0 aromatic heterocycles. The van der Waals surface area contributed by atoms with Gasteiger partial charge in [0.05, 0.1) is 0 Å². The molecule has 0 aliphatic carbocycles. The number of benzene rings is 1. The Balaban J connectivity index is 2.59. The Hall–Kier alpha value is -1.09. The molecule has 0 fully saturated rings. The SMILES string of the molecule is CCCCN(CCCC)Cc1ccc(O)c(F)c1. The molecule has 0 unspecified atom stereocenters. The van der Waals surface area contributed by atoms with E-state index >= 15 is 0 Å². The lowest BCUT2D eigenvalue weighted by molar-refractivity contribution is 0.256. The van der Waals surface area contributed by atoms with Crippen LogP contribution in [0.25, 0.3) is 0 Å². The van der Waals surface area contributed by atoms with Crippen molar-refractivity contribution < 1.29 is 9.50 Å². The zero-order valence-electron chi connectivity index (χ0n) is 11.5. The van der Waals surface area contributed by atoms with E-state index in [2.05, 4.69) is 18.7 Å². The lowest BCUT2D eigenvalue weighted by Gasteiger charge is -2.22. The van der Waals surface area contributed by atoms with Gasteiger partial charge < -0.3 is 5.11 Å². The average Bonchev–Trinajstić information content (AvgIpc) is 2.37. The number of hydrogen-bond acceptors (Lipinski definition) is 2. The van der Waals surface area contributed by atoms with Gasteiger partial charge in [0.25, 0.3) is 0 Å². The molecule has 0 amide bonds. The average molecular weight is 253 g/mol. The van der Waals surface area contributed by atoms with Crippen LogP contribution >= 0.6 is 0 Å². The molecule has 0 aliphatic rings. The van der Waals surface area contributed by atoms with Crippen LogP contribution in [0.5, 0.6) is 5.75 Å². The minimum absolute atomic E-state index is 0.271. The highest BCUT2D eigenvalue weighted by Gasteiger charge is 2.07. The molecule has 0 spiro atoms. The Kier molecular flexibility index (Phi) is 6.73.